The quantitative estimate of drug-likeness (QED) is 0.671. The molecule has 0 unspecified atom stereocenters. The first-order valence-corrected chi connectivity index (χ1v) is 10.2. The van der Waals surface area contributed by atoms with Crippen molar-refractivity contribution in [2.75, 3.05) is 6.61 Å². The summed E-state index contributed by atoms with van der Waals surface area (Å²) in [6.45, 7) is 0.208. The molecule has 1 aliphatic carbocycles. The van der Waals surface area contributed by atoms with Crippen LogP contribution in [-0.4, -0.2) is 39.8 Å². The molecule has 1 heterocycles. The molecule has 3 aromatic carbocycles. The van der Waals surface area contributed by atoms with Crippen molar-refractivity contribution in [1.82, 2.24) is 4.90 Å². The minimum absolute atomic E-state index is 0.0807. The van der Waals surface area contributed by atoms with Gasteiger partial charge in [-0.05, 0) is 45.5 Å². The summed E-state index contributed by atoms with van der Waals surface area (Å²) in [5.74, 6) is -1.09. The molecule has 0 saturated heterocycles. The number of carboxylic acids is 1. The van der Waals surface area contributed by atoms with Crippen molar-refractivity contribution in [3.05, 3.63) is 89.0 Å². The van der Waals surface area contributed by atoms with E-state index in [2.05, 4.69) is 12.1 Å². The van der Waals surface area contributed by atoms with Gasteiger partial charge in [0.05, 0.1) is 6.54 Å². The number of rotatable bonds is 3. The molecule has 2 aliphatic rings. The standard InChI is InChI=1S/C25H21NO5/c27-17-10-9-15-12-23(24(28)29)26(13-16(15)11-17)25(30)31-14-22-20-7-3-1-5-18(20)19-6-2-4-8-21(19)22/h1-11,22-23,27H,12-14H2,(H,28,29)/t23-/m0/s1. The SMILES string of the molecule is O=C(O)[C@@H]1Cc2ccc(O)cc2CN1C(=O)OCC1c2ccccc2-c2ccccc21. The number of benzene rings is 3. The molecule has 0 spiro atoms. The van der Waals surface area contributed by atoms with E-state index in [4.69, 9.17) is 4.74 Å². The van der Waals surface area contributed by atoms with Crippen molar-refractivity contribution in [2.24, 2.45) is 0 Å². The van der Waals surface area contributed by atoms with E-state index < -0.39 is 18.1 Å². The molecule has 0 bridgehead atoms. The van der Waals surface area contributed by atoms with Crippen LogP contribution in [0.4, 0.5) is 4.79 Å². The van der Waals surface area contributed by atoms with Crippen molar-refractivity contribution in [2.45, 2.75) is 24.9 Å². The van der Waals surface area contributed by atoms with Gasteiger partial charge in [0.25, 0.3) is 0 Å². The van der Waals surface area contributed by atoms with E-state index in [-0.39, 0.29) is 31.2 Å². The highest BCUT2D eigenvalue weighted by Crippen LogP contribution is 2.44. The van der Waals surface area contributed by atoms with Crippen LogP contribution < -0.4 is 0 Å². The molecule has 0 aromatic heterocycles. The number of hydrogen-bond acceptors (Lipinski definition) is 4. The van der Waals surface area contributed by atoms with E-state index in [1.165, 1.54) is 11.0 Å². The Labute approximate surface area is 179 Å². The van der Waals surface area contributed by atoms with E-state index in [0.29, 0.717) is 0 Å². The molecule has 6 nitrogen and oxygen atoms in total. The fraction of sp³-hybridized carbons (Fsp3) is 0.200. The van der Waals surface area contributed by atoms with Crippen molar-refractivity contribution in [3.8, 4) is 16.9 Å². The van der Waals surface area contributed by atoms with Crippen LogP contribution in [0.15, 0.2) is 66.7 Å². The van der Waals surface area contributed by atoms with Crippen molar-refractivity contribution < 1.29 is 24.5 Å². The van der Waals surface area contributed by atoms with E-state index in [9.17, 15) is 19.8 Å². The number of phenolic OH excluding ortho intramolecular Hbond substituents is 1. The Morgan fingerprint density at radius 2 is 1.58 bits per heavy atom. The van der Waals surface area contributed by atoms with Gasteiger partial charge in [-0.3, -0.25) is 4.90 Å². The molecule has 3 aromatic rings. The summed E-state index contributed by atoms with van der Waals surface area (Å²) < 4.78 is 5.67. The lowest BCUT2D eigenvalue weighted by Crippen LogP contribution is -2.49. The Bertz CT molecular complexity index is 1140. The molecule has 1 aliphatic heterocycles. The number of aliphatic carboxylic acids is 1. The number of hydrogen-bond donors (Lipinski definition) is 2. The zero-order valence-corrected chi connectivity index (χ0v) is 16.7. The van der Waals surface area contributed by atoms with E-state index in [1.807, 2.05) is 36.4 Å². The monoisotopic (exact) mass is 415 g/mol. The maximum atomic E-state index is 13.0. The lowest BCUT2D eigenvalue weighted by Gasteiger charge is -2.34. The van der Waals surface area contributed by atoms with Crippen LogP contribution in [0.2, 0.25) is 0 Å². The zero-order valence-electron chi connectivity index (χ0n) is 16.7. The van der Waals surface area contributed by atoms with Crippen LogP contribution in [0.5, 0.6) is 5.75 Å². The van der Waals surface area contributed by atoms with Gasteiger partial charge in [-0.25, -0.2) is 9.59 Å². The largest absolute Gasteiger partial charge is 0.508 e. The number of aromatic hydroxyl groups is 1. The van der Waals surface area contributed by atoms with Crippen LogP contribution in [0, 0.1) is 0 Å². The molecule has 1 amide bonds. The van der Waals surface area contributed by atoms with Crippen LogP contribution in [-0.2, 0) is 22.5 Å². The van der Waals surface area contributed by atoms with Crippen LogP contribution in [0.1, 0.15) is 28.2 Å². The van der Waals surface area contributed by atoms with E-state index >= 15 is 0 Å². The van der Waals surface area contributed by atoms with E-state index in [1.54, 1.807) is 12.1 Å². The third kappa shape index (κ3) is 3.30. The lowest BCUT2D eigenvalue weighted by molar-refractivity contribution is -0.143. The maximum Gasteiger partial charge on any atom is 0.410 e. The summed E-state index contributed by atoms with van der Waals surface area (Å²) in [6, 6.07) is 19.9. The first-order valence-electron chi connectivity index (χ1n) is 10.2. The van der Waals surface area contributed by atoms with Crippen LogP contribution >= 0.6 is 0 Å². The summed E-state index contributed by atoms with van der Waals surface area (Å²) in [6.07, 6.45) is -0.488. The number of ether oxygens (including phenoxy) is 1. The molecule has 0 fully saturated rings. The summed E-state index contributed by atoms with van der Waals surface area (Å²) >= 11 is 0. The molecule has 0 radical (unpaired) electrons. The highest BCUT2D eigenvalue weighted by molar-refractivity contribution is 5.82. The summed E-state index contributed by atoms with van der Waals surface area (Å²) in [4.78, 5) is 26.0. The first-order chi connectivity index (χ1) is 15.0. The smallest absolute Gasteiger partial charge is 0.410 e. The molecule has 31 heavy (non-hydrogen) atoms. The second kappa shape index (κ2) is 7.47. The number of fused-ring (bicyclic) bond motifs is 4. The maximum absolute atomic E-state index is 13.0. The number of nitrogens with zero attached hydrogens (tertiary/aromatic N) is 1. The lowest BCUT2D eigenvalue weighted by atomic mass is 9.94. The molecule has 1 atom stereocenters. The summed E-state index contributed by atoms with van der Waals surface area (Å²) in [5.41, 5.74) is 5.99. The highest BCUT2D eigenvalue weighted by atomic mass is 16.6. The fourth-order valence-electron chi connectivity index (χ4n) is 4.66. The van der Waals surface area contributed by atoms with Gasteiger partial charge in [-0.2, -0.15) is 0 Å². The second-order valence-corrected chi connectivity index (χ2v) is 7.94. The summed E-state index contributed by atoms with van der Waals surface area (Å²) in [5, 5.41) is 19.4. The van der Waals surface area contributed by atoms with Crippen LogP contribution in [0.3, 0.4) is 0 Å². The average molecular weight is 415 g/mol. The van der Waals surface area contributed by atoms with Gasteiger partial charge < -0.3 is 14.9 Å². The number of carbonyl (C=O) groups excluding carboxylic acids is 1. The average Bonchev–Trinajstić information content (AvgIpc) is 3.10. The van der Waals surface area contributed by atoms with Crippen molar-refractivity contribution >= 4 is 12.1 Å². The number of carbonyl (C=O) groups is 2. The Kier molecular flexibility index (Phi) is 4.62. The Morgan fingerprint density at radius 3 is 2.23 bits per heavy atom. The molecular formula is C25H21NO5. The number of amides is 1. The first kappa shape index (κ1) is 19.2. The Balaban J connectivity index is 1.38. The zero-order chi connectivity index (χ0) is 21.5. The van der Waals surface area contributed by atoms with Gasteiger partial charge in [-0.1, -0.05) is 54.6 Å². The normalized spacial score (nSPS) is 16.9. The highest BCUT2D eigenvalue weighted by Gasteiger charge is 2.37. The Morgan fingerprint density at radius 1 is 0.935 bits per heavy atom. The van der Waals surface area contributed by atoms with Gasteiger partial charge in [0, 0.05) is 12.3 Å². The van der Waals surface area contributed by atoms with Crippen molar-refractivity contribution in [1.29, 1.82) is 0 Å². The van der Waals surface area contributed by atoms with Gasteiger partial charge in [0.15, 0.2) is 0 Å². The predicted octanol–water partition coefficient (Wildman–Crippen LogP) is 4.15. The molecule has 6 heteroatoms. The van der Waals surface area contributed by atoms with Crippen molar-refractivity contribution in [3.63, 3.8) is 0 Å². The van der Waals surface area contributed by atoms with Gasteiger partial charge in [-0.15, -0.1) is 0 Å². The topological polar surface area (TPSA) is 87.1 Å². The molecule has 5 rings (SSSR count). The van der Waals surface area contributed by atoms with Gasteiger partial charge in [0.2, 0.25) is 0 Å². The Hall–Kier alpha value is -3.80. The molecule has 156 valence electrons. The molecule has 2 N–H and O–H groups in total. The summed E-state index contributed by atoms with van der Waals surface area (Å²) in [7, 11) is 0. The van der Waals surface area contributed by atoms with Crippen LogP contribution in [0.25, 0.3) is 11.1 Å². The van der Waals surface area contributed by atoms with Gasteiger partial charge in [0.1, 0.15) is 18.4 Å². The molecule has 0 saturated carbocycles. The minimum atomic E-state index is -1.08. The predicted molar refractivity (Wildman–Crippen MR) is 114 cm³/mol. The fourth-order valence-corrected chi connectivity index (χ4v) is 4.66. The third-order valence-corrected chi connectivity index (χ3v) is 6.18. The number of phenols is 1. The van der Waals surface area contributed by atoms with Gasteiger partial charge >= 0.3 is 12.1 Å². The number of carboxylic acid groups (broad SMARTS) is 1. The second-order valence-electron chi connectivity index (χ2n) is 7.94. The van der Waals surface area contributed by atoms with E-state index in [0.717, 1.165) is 33.4 Å². The minimum Gasteiger partial charge on any atom is -0.508 e. The molecular weight excluding hydrogens is 394 g/mol. The third-order valence-electron chi connectivity index (χ3n) is 6.18.